The molecule has 7 heteroatoms. The lowest BCUT2D eigenvalue weighted by atomic mass is 9.86. The van der Waals surface area contributed by atoms with Gasteiger partial charge in [0.25, 0.3) is 0 Å². The van der Waals surface area contributed by atoms with Crippen LogP contribution in [0.15, 0.2) is 0 Å². The van der Waals surface area contributed by atoms with E-state index in [1.54, 1.807) is 18.4 Å². The average molecular weight is 394 g/mol. The molecule has 0 aromatic carbocycles. The summed E-state index contributed by atoms with van der Waals surface area (Å²) in [5.74, 6) is 0.252. The van der Waals surface area contributed by atoms with Crippen LogP contribution in [0.5, 0.6) is 0 Å². The molecule has 1 aromatic rings. The number of hydrogen-bond donors (Lipinski definition) is 1. The summed E-state index contributed by atoms with van der Waals surface area (Å²) in [6.07, 6.45) is 7.49. The second-order valence-electron chi connectivity index (χ2n) is 8.26. The van der Waals surface area contributed by atoms with Crippen LogP contribution >= 0.6 is 11.3 Å². The third-order valence-corrected chi connectivity index (χ3v) is 7.55. The molecule has 4 rings (SSSR count). The van der Waals surface area contributed by atoms with Gasteiger partial charge in [0, 0.05) is 49.4 Å². The van der Waals surface area contributed by atoms with Gasteiger partial charge in [0.1, 0.15) is 0 Å². The van der Waals surface area contributed by atoms with Crippen LogP contribution in [-0.4, -0.2) is 57.5 Å². The van der Waals surface area contributed by atoms with Crippen molar-refractivity contribution in [3.63, 3.8) is 0 Å². The van der Waals surface area contributed by atoms with Crippen LogP contribution in [0.1, 0.15) is 42.7 Å². The van der Waals surface area contributed by atoms with Crippen LogP contribution in [-0.2, 0) is 27.1 Å². The maximum atomic E-state index is 12.8. The van der Waals surface area contributed by atoms with Crippen molar-refractivity contribution < 1.29 is 14.3 Å². The number of thiazole rings is 1. The van der Waals surface area contributed by atoms with Crippen molar-refractivity contribution in [3.8, 4) is 0 Å². The number of nitrogens with zero attached hydrogens (tertiary/aromatic N) is 2. The van der Waals surface area contributed by atoms with E-state index in [-0.39, 0.29) is 17.2 Å². The minimum Gasteiger partial charge on any atom is -0.384 e. The van der Waals surface area contributed by atoms with Crippen LogP contribution < -0.4 is 10.2 Å². The van der Waals surface area contributed by atoms with Gasteiger partial charge in [0.2, 0.25) is 5.91 Å². The maximum absolute atomic E-state index is 12.8. The number of aryl methyl sites for hydroxylation is 1. The summed E-state index contributed by atoms with van der Waals surface area (Å²) in [4.78, 5) is 21.4. The van der Waals surface area contributed by atoms with E-state index < -0.39 is 0 Å². The average Bonchev–Trinajstić information content (AvgIpc) is 3.34. The summed E-state index contributed by atoms with van der Waals surface area (Å²) in [5.41, 5.74) is 1.29. The molecule has 1 N–H and O–H groups in total. The monoisotopic (exact) mass is 393 g/mol. The zero-order valence-electron chi connectivity index (χ0n) is 16.3. The number of ether oxygens (including phenoxy) is 2. The minimum atomic E-state index is 0.0538. The summed E-state index contributed by atoms with van der Waals surface area (Å²) < 4.78 is 10.9. The smallest absolute Gasteiger partial charge is 0.223 e. The molecule has 2 fully saturated rings. The fraction of sp³-hybridized carbons (Fsp3) is 0.800. The molecule has 3 aliphatic rings. The largest absolute Gasteiger partial charge is 0.384 e. The van der Waals surface area contributed by atoms with E-state index in [0.717, 1.165) is 82.4 Å². The number of amides is 1. The second kappa shape index (κ2) is 8.45. The molecule has 150 valence electrons. The molecule has 27 heavy (non-hydrogen) atoms. The fourth-order valence-corrected chi connectivity index (χ4v) is 5.86. The molecule has 0 spiro atoms. The Labute approximate surface area is 165 Å². The molecule has 1 saturated heterocycles. The van der Waals surface area contributed by atoms with Crippen LogP contribution in [0.2, 0.25) is 0 Å². The highest BCUT2D eigenvalue weighted by Gasteiger charge is 2.35. The molecule has 1 atom stereocenters. The number of methoxy groups -OCH3 is 1. The number of rotatable bonds is 6. The Bertz CT molecular complexity index is 651. The van der Waals surface area contributed by atoms with E-state index in [2.05, 4.69) is 10.2 Å². The number of fused-ring (bicyclic) bond motifs is 1. The number of carbonyl (C=O) groups excluding carboxylic acids is 1. The summed E-state index contributed by atoms with van der Waals surface area (Å²) >= 11 is 1.81. The Balaban J connectivity index is 1.34. The molecular formula is C20H31N3O3S. The normalized spacial score (nSPS) is 24.6. The molecule has 1 aliphatic heterocycles. The standard InChI is InChI=1S/C20H31N3O3S/c1-25-14-20(6-2-3-7-20)13-21-18(24)15-4-5-17-16(12-15)22-19(27-17)23-8-10-26-11-9-23/h15H,2-14H2,1H3,(H,21,24). The van der Waals surface area contributed by atoms with E-state index in [9.17, 15) is 4.79 Å². The number of anilines is 1. The van der Waals surface area contributed by atoms with Crippen molar-refractivity contribution in [1.82, 2.24) is 10.3 Å². The van der Waals surface area contributed by atoms with Crippen molar-refractivity contribution >= 4 is 22.4 Å². The van der Waals surface area contributed by atoms with Gasteiger partial charge in [-0.15, -0.1) is 11.3 Å². The first-order valence-electron chi connectivity index (χ1n) is 10.3. The van der Waals surface area contributed by atoms with Crippen LogP contribution in [0.4, 0.5) is 5.13 Å². The number of hydrogen-bond acceptors (Lipinski definition) is 6. The molecule has 2 aliphatic carbocycles. The second-order valence-corrected chi connectivity index (χ2v) is 9.33. The van der Waals surface area contributed by atoms with Crippen LogP contribution in [0.25, 0.3) is 0 Å². The molecule has 2 heterocycles. The first-order chi connectivity index (χ1) is 13.2. The molecule has 1 saturated carbocycles. The molecule has 1 amide bonds. The number of morpholine rings is 1. The maximum Gasteiger partial charge on any atom is 0.223 e. The van der Waals surface area contributed by atoms with Gasteiger partial charge in [-0.05, 0) is 25.7 Å². The minimum absolute atomic E-state index is 0.0538. The lowest BCUT2D eigenvalue weighted by molar-refractivity contribution is -0.126. The Morgan fingerprint density at radius 2 is 2.15 bits per heavy atom. The van der Waals surface area contributed by atoms with E-state index >= 15 is 0 Å². The molecule has 6 nitrogen and oxygen atoms in total. The highest BCUT2D eigenvalue weighted by atomic mass is 32.1. The summed E-state index contributed by atoms with van der Waals surface area (Å²) in [7, 11) is 1.76. The molecule has 0 radical (unpaired) electrons. The first kappa shape index (κ1) is 19.2. The van der Waals surface area contributed by atoms with Crippen LogP contribution in [0, 0.1) is 11.3 Å². The summed E-state index contributed by atoms with van der Waals surface area (Å²) in [6, 6.07) is 0. The lowest BCUT2D eigenvalue weighted by Gasteiger charge is -2.29. The highest BCUT2D eigenvalue weighted by molar-refractivity contribution is 7.15. The lowest BCUT2D eigenvalue weighted by Crippen LogP contribution is -2.42. The Morgan fingerprint density at radius 3 is 2.89 bits per heavy atom. The van der Waals surface area contributed by atoms with Gasteiger partial charge in [-0.25, -0.2) is 4.98 Å². The third-order valence-electron chi connectivity index (χ3n) is 6.33. The third kappa shape index (κ3) is 4.30. The number of carbonyl (C=O) groups is 1. The van der Waals surface area contributed by atoms with Gasteiger partial charge < -0.3 is 19.7 Å². The Morgan fingerprint density at radius 1 is 1.37 bits per heavy atom. The van der Waals surface area contributed by atoms with Crippen molar-refractivity contribution in [3.05, 3.63) is 10.6 Å². The van der Waals surface area contributed by atoms with Gasteiger partial charge in [-0.2, -0.15) is 0 Å². The van der Waals surface area contributed by atoms with Gasteiger partial charge in [-0.3, -0.25) is 4.79 Å². The van der Waals surface area contributed by atoms with Crippen molar-refractivity contribution in [2.45, 2.75) is 44.9 Å². The number of nitrogens with one attached hydrogen (secondary N) is 1. The van der Waals surface area contributed by atoms with Crippen molar-refractivity contribution in [1.29, 1.82) is 0 Å². The van der Waals surface area contributed by atoms with Gasteiger partial charge in [-0.1, -0.05) is 12.8 Å². The molecule has 1 unspecified atom stereocenters. The fourth-order valence-electron chi connectivity index (χ4n) is 4.70. The van der Waals surface area contributed by atoms with E-state index in [1.807, 2.05) is 0 Å². The predicted molar refractivity (Wildman–Crippen MR) is 106 cm³/mol. The summed E-state index contributed by atoms with van der Waals surface area (Å²) in [6.45, 7) is 4.88. The predicted octanol–water partition coefficient (Wildman–Crippen LogP) is 2.41. The quantitative estimate of drug-likeness (QED) is 0.804. The number of aromatic nitrogens is 1. The Kier molecular flexibility index (Phi) is 5.99. The first-order valence-corrected chi connectivity index (χ1v) is 11.1. The molecule has 1 aromatic heterocycles. The summed E-state index contributed by atoms with van der Waals surface area (Å²) in [5, 5.41) is 4.36. The SMILES string of the molecule is COCC1(CNC(=O)C2CCc3sc(N4CCOCC4)nc3C2)CCCC1. The van der Waals surface area contributed by atoms with E-state index in [1.165, 1.54) is 17.7 Å². The van der Waals surface area contributed by atoms with E-state index in [0.29, 0.717) is 0 Å². The zero-order chi connectivity index (χ0) is 18.7. The molecule has 0 bridgehead atoms. The zero-order valence-corrected chi connectivity index (χ0v) is 17.1. The topological polar surface area (TPSA) is 63.7 Å². The van der Waals surface area contributed by atoms with Gasteiger partial charge in [0.15, 0.2) is 5.13 Å². The van der Waals surface area contributed by atoms with E-state index in [4.69, 9.17) is 14.5 Å². The van der Waals surface area contributed by atoms with Crippen molar-refractivity contribution in [2.24, 2.45) is 11.3 Å². The molecular weight excluding hydrogens is 362 g/mol. The van der Waals surface area contributed by atoms with Crippen LogP contribution in [0.3, 0.4) is 0 Å². The van der Waals surface area contributed by atoms with Gasteiger partial charge in [0.05, 0.1) is 25.5 Å². The Hall–Kier alpha value is -1.18. The van der Waals surface area contributed by atoms with Crippen molar-refractivity contribution in [2.75, 3.05) is 51.5 Å². The highest BCUT2D eigenvalue weighted by Crippen LogP contribution is 2.38. The van der Waals surface area contributed by atoms with Gasteiger partial charge >= 0.3 is 0 Å².